The first-order chi connectivity index (χ1) is 12.1. The van der Waals surface area contributed by atoms with Crippen molar-refractivity contribution >= 4 is 17.8 Å². The standard InChI is InChI=1S/C19H19NO5/c1-14(21)20-17(18(22)24-12-15-8-4-2-5-9-15)19(23)25-13-16-10-6-3-7-11-16/h2-11,17H,12-13H2,1H3,(H,20,21). The van der Waals surface area contributed by atoms with Crippen molar-refractivity contribution in [2.24, 2.45) is 0 Å². The average molecular weight is 341 g/mol. The van der Waals surface area contributed by atoms with E-state index in [0.717, 1.165) is 11.1 Å². The van der Waals surface area contributed by atoms with Gasteiger partial charge in [-0.15, -0.1) is 0 Å². The zero-order valence-electron chi connectivity index (χ0n) is 13.8. The van der Waals surface area contributed by atoms with E-state index in [2.05, 4.69) is 5.32 Å². The third kappa shape index (κ3) is 6.10. The molecule has 25 heavy (non-hydrogen) atoms. The smallest absolute Gasteiger partial charge is 0.340 e. The quantitative estimate of drug-likeness (QED) is 0.615. The number of esters is 2. The lowest BCUT2D eigenvalue weighted by Crippen LogP contribution is -2.47. The van der Waals surface area contributed by atoms with E-state index in [-0.39, 0.29) is 13.2 Å². The van der Waals surface area contributed by atoms with Gasteiger partial charge in [0.1, 0.15) is 13.2 Å². The Hall–Kier alpha value is -3.15. The Morgan fingerprint density at radius 1 is 0.800 bits per heavy atom. The first kappa shape index (κ1) is 18.2. The molecule has 2 aromatic carbocycles. The van der Waals surface area contributed by atoms with E-state index in [1.807, 2.05) is 36.4 Å². The van der Waals surface area contributed by atoms with Crippen molar-refractivity contribution in [2.45, 2.75) is 26.2 Å². The third-order valence-corrected chi connectivity index (χ3v) is 3.27. The van der Waals surface area contributed by atoms with Crippen LogP contribution in [0.5, 0.6) is 0 Å². The Kier molecular flexibility index (Phi) is 6.71. The van der Waals surface area contributed by atoms with Crippen LogP contribution in [0.15, 0.2) is 60.7 Å². The highest BCUT2D eigenvalue weighted by Gasteiger charge is 2.30. The number of rotatable bonds is 7. The van der Waals surface area contributed by atoms with Crippen LogP contribution in [0.25, 0.3) is 0 Å². The SMILES string of the molecule is CC(=O)NC(C(=O)OCc1ccccc1)C(=O)OCc1ccccc1. The Morgan fingerprint density at radius 3 is 1.56 bits per heavy atom. The largest absolute Gasteiger partial charge is 0.459 e. The monoisotopic (exact) mass is 341 g/mol. The lowest BCUT2D eigenvalue weighted by Gasteiger charge is -2.16. The van der Waals surface area contributed by atoms with Gasteiger partial charge in [-0.3, -0.25) is 4.79 Å². The highest BCUT2D eigenvalue weighted by atomic mass is 16.6. The molecule has 0 bridgehead atoms. The zero-order valence-corrected chi connectivity index (χ0v) is 13.8. The fraction of sp³-hybridized carbons (Fsp3) is 0.211. The summed E-state index contributed by atoms with van der Waals surface area (Å²) in [6.07, 6.45) is 0. The van der Waals surface area contributed by atoms with Gasteiger partial charge in [0.15, 0.2) is 0 Å². The van der Waals surface area contributed by atoms with E-state index < -0.39 is 23.9 Å². The van der Waals surface area contributed by atoms with Crippen LogP contribution in [0.4, 0.5) is 0 Å². The van der Waals surface area contributed by atoms with Crippen molar-refractivity contribution in [1.29, 1.82) is 0 Å². The van der Waals surface area contributed by atoms with Crippen LogP contribution in [-0.4, -0.2) is 23.9 Å². The summed E-state index contributed by atoms with van der Waals surface area (Å²) in [5.74, 6) is -2.26. The van der Waals surface area contributed by atoms with Gasteiger partial charge in [-0.05, 0) is 11.1 Å². The van der Waals surface area contributed by atoms with Crippen molar-refractivity contribution in [2.75, 3.05) is 0 Å². The van der Waals surface area contributed by atoms with Crippen LogP contribution >= 0.6 is 0 Å². The number of carbonyl (C=O) groups is 3. The summed E-state index contributed by atoms with van der Waals surface area (Å²) in [4.78, 5) is 35.6. The summed E-state index contributed by atoms with van der Waals surface area (Å²) < 4.78 is 10.2. The number of hydrogen-bond donors (Lipinski definition) is 1. The number of amides is 1. The molecular formula is C19H19NO5. The molecule has 0 aliphatic heterocycles. The molecule has 2 aromatic rings. The molecule has 2 rings (SSSR count). The van der Waals surface area contributed by atoms with Gasteiger partial charge in [-0.1, -0.05) is 60.7 Å². The highest BCUT2D eigenvalue weighted by molar-refractivity contribution is 6.02. The molecule has 1 N–H and O–H groups in total. The van der Waals surface area contributed by atoms with Gasteiger partial charge in [0, 0.05) is 6.92 Å². The first-order valence-electron chi connectivity index (χ1n) is 7.74. The Morgan fingerprint density at radius 2 is 1.20 bits per heavy atom. The van der Waals surface area contributed by atoms with Crippen LogP contribution in [0.3, 0.4) is 0 Å². The van der Waals surface area contributed by atoms with Crippen LogP contribution < -0.4 is 5.32 Å². The molecule has 0 saturated heterocycles. The molecule has 6 heteroatoms. The summed E-state index contributed by atoms with van der Waals surface area (Å²) in [6, 6.07) is 16.6. The Bertz CT molecular complexity index is 660. The van der Waals surface area contributed by atoms with Crippen LogP contribution in [0, 0.1) is 0 Å². The van der Waals surface area contributed by atoms with Crippen LogP contribution in [0.2, 0.25) is 0 Å². The maximum Gasteiger partial charge on any atom is 0.340 e. The van der Waals surface area contributed by atoms with Gasteiger partial charge in [-0.25, -0.2) is 9.59 Å². The minimum atomic E-state index is -1.50. The van der Waals surface area contributed by atoms with E-state index in [1.165, 1.54) is 6.92 Å². The van der Waals surface area contributed by atoms with E-state index in [4.69, 9.17) is 9.47 Å². The lowest BCUT2D eigenvalue weighted by atomic mass is 10.2. The predicted molar refractivity (Wildman–Crippen MR) is 90.1 cm³/mol. The average Bonchev–Trinajstić information content (AvgIpc) is 2.64. The normalized spacial score (nSPS) is 10.2. The lowest BCUT2D eigenvalue weighted by molar-refractivity contribution is -0.161. The third-order valence-electron chi connectivity index (χ3n) is 3.27. The topological polar surface area (TPSA) is 81.7 Å². The molecule has 0 fully saturated rings. The number of benzene rings is 2. The van der Waals surface area contributed by atoms with Crippen molar-refractivity contribution in [3.8, 4) is 0 Å². The van der Waals surface area contributed by atoms with Gasteiger partial charge in [-0.2, -0.15) is 0 Å². The molecule has 1 amide bonds. The van der Waals surface area contributed by atoms with Gasteiger partial charge in [0.2, 0.25) is 11.9 Å². The second-order valence-electron chi connectivity index (χ2n) is 5.32. The van der Waals surface area contributed by atoms with Gasteiger partial charge in [0.25, 0.3) is 0 Å². The molecule has 0 aliphatic carbocycles. The minimum Gasteiger partial charge on any atom is -0.459 e. The van der Waals surface area contributed by atoms with Crippen molar-refractivity contribution < 1.29 is 23.9 Å². The molecular weight excluding hydrogens is 322 g/mol. The molecule has 0 radical (unpaired) electrons. The fourth-order valence-electron chi connectivity index (χ4n) is 2.04. The van der Waals surface area contributed by atoms with Crippen molar-refractivity contribution in [3.05, 3.63) is 71.8 Å². The highest BCUT2D eigenvalue weighted by Crippen LogP contribution is 2.05. The number of ether oxygens (including phenoxy) is 2. The van der Waals surface area contributed by atoms with E-state index in [9.17, 15) is 14.4 Å². The van der Waals surface area contributed by atoms with E-state index in [0.29, 0.717) is 0 Å². The van der Waals surface area contributed by atoms with Crippen molar-refractivity contribution in [3.63, 3.8) is 0 Å². The first-order valence-corrected chi connectivity index (χ1v) is 7.74. The van der Waals surface area contributed by atoms with Crippen LogP contribution in [-0.2, 0) is 37.1 Å². The molecule has 0 unspecified atom stereocenters. The number of nitrogens with one attached hydrogen (secondary N) is 1. The molecule has 6 nitrogen and oxygen atoms in total. The zero-order chi connectivity index (χ0) is 18.1. The number of hydrogen-bond acceptors (Lipinski definition) is 5. The van der Waals surface area contributed by atoms with E-state index >= 15 is 0 Å². The van der Waals surface area contributed by atoms with Gasteiger partial charge >= 0.3 is 11.9 Å². The fourth-order valence-corrected chi connectivity index (χ4v) is 2.04. The van der Waals surface area contributed by atoms with E-state index in [1.54, 1.807) is 24.3 Å². The summed E-state index contributed by atoms with van der Waals surface area (Å²) in [7, 11) is 0. The summed E-state index contributed by atoms with van der Waals surface area (Å²) >= 11 is 0. The Balaban J connectivity index is 1.95. The van der Waals surface area contributed by atoms with Gasteiger partial charge < -0.3 is 14.8 Å². The second-order valence-corrected chi connectivity index (χ2v) is 5.32. The summed E-state index contributed by atoms with van der Waals surface area (Å²) in [5, 5.41) is 2.26. The van der Waals surface area contributed by atoms with Gasteiger partial charge in [0.05, 0.1) is 0 Å². The molecule has 130 valence electrons. The molecule has 0 atom stereocenters. The predicted octanol–water partition coefficient (Wildman–Crippen LogP) is 1.98. The Labute approximate surface area is 145 Å². The molecule has 0 aromatic heterocycles. The summed E-state index contributed by atoms with van der Waals surface area (Å²) in [5.41, 5.74) is 1.55. The molecule has 0 saturated carbocycles. The van der Waals surface area contributed by atoms with Crippen molar-refractivity contribution in [1.82, 2.24) is 5.32 Å². The maximum absolute atomic E-state index is 12.2. The van der Waals surface area contributed by atoms with Crippen LogP contribution in [0.1, 0.15) is 18.1 Å². The summed E-state index contributed by atoms with van der Waals surface area (Å²) in [6.45, 7) is 1.21. The molecule has 0 aliphatic rings. The number of carbonyl (C=O) groups excluding carboxylic acids is 3. The molecule has 0 heterocycles. The molecule has 0 spiro atoms. The maximum atomic E-state index is 12.2. The minimum absolute atomic E-state index is 0.00171. The second kappa shape index (κ2) is 9.22.